The van der Waals surface area contributed by atoms with E-state index in [4.69, 9.17) is 9.47 Å². The number of nitrogens with zero attached hydrogens (tertiary/aromatic N) is 3. The summed E-state index contributed by atoms with van der Waals surface area (Å²) in [5.74, 6) is 2.11. The normalized spacial score (nSPS) is 16.6. The smallest absolute Gasteiger partial charge is 0.249 e. The van der Waals surface area contributed by atoms with Crippen molar-refractivity contribution >= 4 is 17.3 Å². The number of amides is 1. The first kappa shape index (κ1) is 18.9. The molecule has 150 valence electrons. The maximum absolute atomic E-state index is 12.9. The molecule has 1 amide bonds. The minimum atomic E-state index is -0.259. The minimum absolute atomic E-state index is 0.0681. The van der Waals surface area contributed by atoms with E-state index in [1.54, 1.807) is 22.9 Å². The first-order valence-electron chi connectivity index (χ1n) is 9.61. The Balaban J connectivity index is 1.42. The van der Waals surface area contributed by atoms with Crippen LogP contribution >= 0.6 is 0 Å². The van der Waals surface area contributed by atoms with E-state index in [1.807, 2.05) is 61.8 Å². The predicted octanol–water partition coefficient (Wildman–Crippen LogP) is 3.83. The van der Waals surface area contributed by atoms with Crippen LogP contribution in [0.2, 0.25) is 0 Å². The second-order valence-electron chi connectivity index (χ2n) is 6.98. The number of piperidine rings is 1. The molecule has 0 radical (unpaired) electrons. The number of benzene rings is 2. The van der Waals surface area contributed by atoms with Gasteiger partial charge in [0.05, 0.1) is 19.0 Å². The highest BCUT2D eigenvalue weighted by Gasteiger charge is 2.30. The Bertz CT molecular complexity index is 984. The summed E-state index contributed by atoms with van der Waals surface area (Å²) in [6.45, 7) is 0.717. The predicted molar refractivity (Wildman–Crippen MR) is 112 cm³/mol. The molecule has 1 N–H and O–H groups in total. The molecule has 1 saturated heterocycles. The summed E-state index contributed by atoms with van der Waals surface area (Å²) in [5, 5.41) is 7.52. The number of aryl methyl sites for hydroxylation is 1. The van der Waals surface area contributed by atoms with Crippen LogP contribution in [-0.2, 0) is 11.8 Å². The van der Waals surface area contributed by atoms with Crippen LogP contribution in [0.5, 0.6) is 17.2 Å². The second-order valence-corrected chi connectivity index (χ2v) is 6.98. The van der Waals surface area contributed by atoms with Crippen molar-refractivity contribution in [2.45, 2.75) is 18.9 Å². The fourth-order valence-electron chi connectivity index (χ4n) is 3.46. The lowest BCUT2D eigenvalue weighted by atomic mass is 10.0. The van der Waals surface area contributed by atoms with Gasteiger partial charge in [0.15, 0.2) is 11.5 Å². The van der Waals surface area contributed by atoms with Crippen LogP contribution in [0.25, 0.3) is 0 Å². The Labute approximate surface area is 169 Å². The number of nitrogens with one attached hydrogen (secondary N) is 1. The van der Waals surface area contributed by atoms with Gasteiger partial charge in [-0.3, -0.25) is 9.48 Å². The number of hydrogen-bond donors (Lipinski definition) is 1. The molecule has 1 aromatic heterocycles. The average Bonchev–Trinajstić information content (AvgIpc) is 3.17. The van der Waals surface area contributed by atoms with E-state index in [0.29, 0.717) is 23.8 Å². The highest BCUT2D eigenvalue weighted by atomic mass is 16.5. The van der Waals surface area contributed by atoms with E-state index in [2.05, 4.69) is 10.4 Å². The van der Waals surface area contributed by atoms with E-state index in [9.17, 15) is 4.79 Å². The molecule has 1 aliphatic heterocycles. The lowest BCUT2D eigenvalue weighted by molar-refractivity contribution is -0.120. The highest BCUT2D eigenvalue weighted by Crippen LogP contribution is 2.31. The number of carbonyl (C=O) groups is 1. The first-order chi connectivity index (χ1) is 14.1. The van der Waals surface area contributed by atoms with Gasteiger partial charge in [-0.15, -0.1) is 0 Å². The number of para-hydroxylation sites is 2. The molecule has 29 heavy (non-hydrogen) atoms. The maximum atomic E-state index is 12.9. The van der Waals surface area contributed by atoms with Gasteiger partial charge >= 0.3 is 0 Å². The molecule has 0 spiro atoms. The molecule has 7 heteroatoms. The standard InChI is InChI=1S/C22H24N4O3/c1-25-15-17(14-23-25)26-13-5-6-19(22(26)27)24-16-9-11-18(12-10-16)29-21-8-4-3-7-20(21)28-2/h3-4,7-12,14-15,19,24H,5-6,13H2,1-2H3. The van der Waals surface area contributed by atoms with Crippen molar-refractivity contribution in [2.75, 3.05) is 23.9 Å². The molecule has 3 aromatic rings. The zero-order chi connectivity index (χ0) is 20.2. The Morgan fingerprint density at radius 1 is 1.10 bits per heavy atom. The minimum Gasteiger partial charge on any atom is -0.493 e. The molecular weight excluding hydrogens is 368 g/mol. The number of carbonyl (C=O) groups excluding carboxylic acids is 1. The molecule has 4 rings (SSSR count). The second kappa shape index (κ2) is 8.26. The van der Waals surface area contributed by atoms with Crippen LogP contribution in [0.15, 0.2) is 60.9 Å². The summed E-state index contributed by atoms with van der Waals surface area (Å²) in [4.78, 5) is 14.7. The Hall–Kier alpha value is -3.48. The molecule has 2 heterocycles. The van der Waals surface area contributed by atoms with Gasteiger partial charge in [-0.2, -0.15) is 5.10 Å². The van der Waals surface area contributed by atoms with Crippen molar-refractivity contribution in [3.05, 3.63) is 60.9 Å². The summed E-state index contributed by atoms with van der Waals surface area (Å²) >= 11 is 0. The topological polar surface area (TPSA) is 68.6 Å². The Kier molecular flexibility index (Phi) is 5.37. The SMILES string of the molecule is COc1ccccc1Oc1ccc(NC2CCCN(c3cnn(C)c3)C2=O)cc1. The molecule has 1 aliphatic rings. The summed E-state index contributed by atoms with van der Waals surface area (Å²) in [6.07, 6.45) is 5.33. The monoisotopic (exact) mass is 392 g/mol. The van der Waals surface area contributed by atoms with Gasteiger partial charge in [0.25, 0.3) is 0 Å². The fourth-order valence-corrected chi connectivity index (χ4v) is 3.46. The van der Waals surface area contributed by atoms with Crippen LogP contribution in [0.4, 0.5) is 11.4 Å². The van der Waals surface area contributed by atoms with Gasteiger partial charge in [0, 0.05) is 25.5 Å². The lowest BCUT2D eigenvalue weighted by Crippen LogP contribution is -2.47. The van der Waals surface area contributed by atoms with Gasteiger partial charge < -0.3 is 19.7 Å². The molecule has 0 saturated carbocycles. The summed E-state index contributed by atoms with van der Waals surface area (Å²) < 4.78 is 12.9. The number of ether oxygens (including phenoxy) is 2. The number of anilines is 2. The molecule has 1 atom stereocenters. The van der Waals surface area contributed by atoms with E-state index < -0.39 is 0 Å². The number of rotatable bonds is 6. The zero-order valence-electron chi connectivity index (χ0n) is 16.5. The Morgan fingerprint density at radius 3 is 2.55 bits per heavy atom. The van der Waals surface area contributed by atoms with Crippen molar-refractivity contribution in [2.24, 2.45) is 7.05 Å². The van der Waals surface area contributed by atoms with Crippen molar-refractivity contribution < 1.29 is 14.3 Å². The third kappa shape index (κ3) is 4.18. The van der Waals surface area contributed by atoms with Crippen molar-refractivity contribution in [3.8, 4) is 17.2 Å². The average molecular weight is 392 g/mol. The molecule has 0 aliphatic carbocycles. The van der Waals surface area contributed by atoms with Gasteiger partial charge in [-0.05, 0) is 49.2 Å². The summed E-state index contributed by atoms with van der Waals surface area (Å²) in [5.41, 5.74) is 1.72. The van der Waals surface area contributed by atoms with Crippen molar-refractivity contribution in [3.63, 3.8) is 0 Å². The van der Waals surface area contributed by atoms with Crippen molar-refractivity contribution in [1.82, 2.24) is 9.78 Å². The van der Waals surface area contributed by atoms with Gasteiger partial charge in [0.1, 0.15) is 11.8 Å². The molecule has 2 aromatic carbocycles. The van der Waals surface area contributed by atoms with Crippen molar-refractivity contribution in [1.29, 1.82) is 0 Å². The van der Waals surface area contributed by atoms with E-state index in [0.717, 1.165) is 24.2 Å². The van der Waals surface area contributed by atoms with Crippen LogP contribution in [-0.4, -0.2) is 35.4 Å². The third-order valence-corrected chi connectivity index (χ3v) is 4.93. The zero-order valence-corrected chi connectivity index (χ0v) is 16.5. The van der Waals surface area contributed by atoms with Crippen LogP contribution in [0.3, 0.4) is 0 Å². The van der Waals surface area contributed by atoms with Gasteiger partial charge in [-0.1, -0.05) is 12.1 Å². The maximum Gasteiger partial charge on any atom is 0.249 e. The van der Waals surface area contributed by atoms with Crippen LogP contribution < -0.4 is 19.7 Å². The molecule has 7 nitrogen and oxygen atoms in total. The van der Waals surface area contributed by atoms with Crippen LogP contribution in [0.1, 0.15) is 12.8 Å². The van der Waals surface area contributed by atoms with Gasteiger partial charge in [-0.25, -0.2) is 0 Å². The lowest BCUT2D eigenvalue weighted by Gasteiger charge is -2.32. The van der Waals surface area contributed by atoms with E-state index >= 15 is 0 Å². The van der Waals surface area contributed by atoms with Crippen LogP contribution in [0, 0.1) is 0 Å². The van der Waals surface area contributed by atoms with E-state index in [1.165, 1.54) is 0 Å². The Morgan fingerprint density at radius 2 is 1.86 bits per heavy atom. The quantitative estimate of drug-likeness (QED) is 0.691. The number of hydrogen-bond acceptors (Lipinski definition) is 5. The molecule has 0 bridgehead atoms. The number of methoxy groups -OCH3 is 1. The summed E-state index contributed by atoms with van der Waals surface area (Å²) in [6, 6.07) is 14.8. The van der Waals surface area contributed by atoms with E-state index in [-0.39, 0.29) is 11.9 Å². The fraction of sp³-hybridized carbons (Fsp3) is 0.273. The summed E-state index contributed by atoms with van der Waals surface area (Å²) in [7, 11) is 3.47. The highest BCUT2D eigenvalue weighted by molar-refractivity contribution is 5.99. The van der Waals surface area contributed by atoms with Gasteiger partial charge in [0.2, 0.25) is 5.91 Å². The molecule has 1 fully saturated rings. The number of aromatic nitrogens is 2. The third-order valence-electron chi connectivity index (χ3n) is 4.93. The molecule has 1 unspecified atom stereocenters. The molecular formula is C22H24N4O3. The first-order valence-corrected chi connectivity index (χ1v) is 9.61. The largest absolute Gasteiger partial charge is 0.493 e.